The molecule has 134 valence electrons. The Morgan fingerprint density at radius 2 is 1.77 bits per heavy atom. The molecule has 2 aliphatic heterocycles. The second kappa shape index (κ2) is 7.25. The Bertz CT molecular complexity index is 840. The van der Waals surface area contributed by atoms with Crippen LogP contribution in [0.2, 0.25) is 0 Å². The van der Waals surface area contributed by atoms with Gasteiger partial charge in [0.05, 0.1) is 11.4 Å². The van der Waals surface area contributed by atoms with Crippen LogP contribution >= 0.6 is 12.2 Å². The van der Waals surface area contributed by atoms with Gasteiger partial charge in [-0.15, -0.1) is 0 Å². The summed E-state index contributed by atoms with van der Waals surface area (Å²) in [6.07, 6.45) is 2.03. The summed E-state index contributed by atoms with van der Waals surface area (Å²) in [5, 5.41) is 7.49. The van der Waals surface area contributed by atoms with Crippen LogP contribution in [0.15, 0.2) is 54.7 Å². The molecule has 0 atom stereocenters. The van der Waals surface area contributed by atoms with Crippen LogP contribution in [0, 0.1) is 0 Å². The van der Waals surface area contributed by atoms with E-state index in [0.29, 0.717) is 0 Å². The van der Waals surface area contributed by atoms with Gasteiger partial charge in [-0.3, -0.25) is 0 Å². The Labute approximate surface area is 159 Å². The molecular formula is C20H23N5S. The topological polar surface area (TPSA) is 56.6 Å². The lowest BCUT2D eigenvalue weighted by molar-refractivity contribution is 0.384. The number of fused-ring (bicyclic) bond motifs is 1. The molecule has 4 rings (SSSR count). The van der Waals surface area contributed by atoms with Gasteiger partial charge in [0.2, 0.25) is 0 Å². The van der Waals surface area contributed by atoms with Gasteiger partial charge in [0.1, 0.15) is 0 Å². The normalized spacial score (nSPS) is 17.8. The molecule has 4 N–H and O–H groups in total. The first-order valence-electron chi connectivity index (χ1n) is 8.89. The zero-order chi connectivity index (χ0) is 17.9. The van der Waals surface area contributed by atoms with Crippen molar-refractivity contribution in [1.29, 1.82) is 0 Å². The molecule has 1 saturated heterocycles. The number of anilines is 3. The van der Waals surface area contributed by atoms with Gasteiger partial charge in [-0.1, -0.05) is 30.3 Å². The largest absolute Gasteiger partial charge is 0.397 e. The second-order valence-corrected chi connectivity index (χ2v) is 6.94. The number of nitrogens with zero attached hydrogens (tertiary/aromatic N) is 2. The minimum absolute atomic E-state index is 0.780. The number of piperazine rings is 1. The van der Waals surface area contributed by atoms with E-state index in [-0.39, 0.29) is 0 Å². The van der Waals surface area contributed by atoms with Gasteiger partial charge in [0.25, 0.3) is 0 Å². The third-order valence-corrected chi connectivity index (χ3v) is 5.33. The fourth-order valence-electron chi connectivity index (χ4n) is 3.50. The molecule has 1 fully saturated rings. The number of nitrogens with two attached hydrogens (primary N) is 1. The van der Waals surface area contributed by atoms with Crippen LogP contribution in [0.4, 0.5) is 17.1 Å². The van der Waals surface area contributed by atoms with Crippen molar-refractivity contribution < 1.29 is 0 Å². The number of hydrogen-bond donors (Lipinski definition) is 3. The van der Waals surface area contributed by atoms with E-state index in [2.05, 4.69) is 44.7 Å². The summed E-state index contributed by atoms with van der Waals surface area (Å²) in [5.74, 6) is 0. The molecule has 0 aliphatic carbocycles. The Balaban J connectivity index is 1.35. The zero-order valence-corrected chi connectivity index (χ0v) is 15.4. The Morgan fingerprint density at radius 1 is 1.04 bits per heavy atom. The van der Waals surface area contributed by atoms with Gasteiger partial charge in [-0.2, -0.15) is 0 Å². The Kier molecular flexibility index (Phi) is 4.67. The van der Waals surface area contributed by atoms with Crippen LogP contribution in [-0.4, -0.2) is 42.7 Å². The number of nitrogens with one attached hydrogen (secondary N) is 2. The zero-order valence-electron chi connectivity index (χ0n) is 14.6. The van der Waals surface area contributed by atoms with Crippen molar-refractivity contribution in [2.45, 2.75) is 0 Å². The summed E-state index contributed by atoms with van der Waals surface area (Å²) in [6.45, 7) is 4.43. The molecule has 0 aromatic heterocycles. The number of rotatable bonds is 2. The van der Waals surface area contributed by atoms with E-state index in [4.69, 9.17) is 18.0 Å². The third kappa shape index (κ3) is 3.32. The van der Waals surface area contributed by atoms with Crippen LogP contribution in [0.3, 0.4) is 0 Å². The molecule has 5 nitrogen and oxygen atoms in total. The van der Waals surface area contributed by atoms with Gasteiger partial charge in [0.15, 0.2) is 5.11 Å². The lowest BCUT2D eigenvalue weighted by atomic mass is 10.1. The Hall–Kier alpha value is -2.73. The maximum atomic E-state index is 6.10. The Morgan fingerprint density at radius 3 is 2.58 bits per heavy atom. The number of para-hydroxylation sites is 3. The van der Waals surface area contributed by atoms with Crippen LogP contribution in [0.5, 0.6) is 0 Å². The lowest BCUT2D eigenvalue weighted by Gasteiger charge is -2.37. The maximum Gasteiger partial charge on any atom is 0.173 e. The van der Waals surface area contributed by atoms with Crippen LogP contribution < -0.4 is 21.3 Å². The number of nitrogen functional groups attached to an aromatic ring is 1. The molecule has 0 unspecified atom stereocenters. The quantitative estimate of drug-likeness (QED) is 0.562. The first-order chi connectivity index (χ1) is 12.7. The van der Waals surface area contributed by atoms with Crippen LogP contribution in [0.1, 0.15) is 5.56 Å². The van der Waals surface area contributed by atoms with E-state index in [1.165, 1.54) is 16.8 Å². The minimum atomic E-state index is 0.780. The van der Waals surface area contributed by atoms with Crippen LogP contribution in [0.25, 0.3) is 5.57 Å². The molecule has 2 aromatic carbocycles. The van der Waals surface area contributed by atoms with Crippen LogP contribution in [-0.2, 0) is 0 Å². The fourth-order valence-corrected chi connectivity index (χ4v) is 3.74. The van der Waals surface area contributed by atoms with Gasteiger partial charge in [0, 0.05) is 50.2 Å². The van der Waals surface area contributed by atoms with E-state index in [0.717, 1.165) is 49.2 Å². The van der Waals surface area contributed by atoms with E-state index >= 15 is 0 Å². The summed E-state index contributed by atoms with van der Waals surface area (Å²) in [5.41, 5.74) is 11.7. The second-order valence-electron chi connectivity index (χ2n) is 6.55. The average molecular weight is 366 g/mol. The number of hydrogen-bond acceptors (Lipinski definition) is 4. The molecule has 0 bridgehead atoms. The van der Waals surface area contributed by atoms with E-state index in [9.17, 15) is 0 Å². The summed E-state index contributed by atoms with van der Waals surface area (Å²) in [7, 11) is 0. The molecule has 2 aromatic rings. The van der Waals surface area contributed by atoms with Gasteiger partial charge in [-0.25, -0.2) is 0 Å². The lowest BCUT2D eigenvalue weighted by Crippen LogP contribution is -2.51. The van der Waals surface area contributed by atoms with Crippen molar-refractivity contribution >= 4 is 40.0 Å². The summed E-state index contributed by atoms with van der Waals surface area (Å²) in [4.78, 5) is 4.54. The fraction of sp³-hybridized carbons (Fsp3) is 0.250. The molecule has 0 amide bonds. The van der Waals surface area contributed by atoms with E-state index in [1.54, 1.807) is 0 Å². The molecule has 26 heavy (non-hydrogen) atoms. The number of thiocarbonyl (C=S) groups is 1. The van der Waals surface area contributed by atoms with Crippen molar-refractivity contribution in [2.75, 3.05) is 48.7 Å². The smallest absolute Gasteiger partial charge is 0.173 e. The van der Waals surface area contributed by atoms with Gasteiger partial charge >= 0.3 is 0 Å². The van der Waals surface area contributed by atoms with Crippen molar-refractivity contribution in [3.05, 3.63) is 60.3 Å². The standard InChI is InChI=1S/C20H23N5S/c21-17-6-2-4-8-19(17)24-9-11-25(12-10-24)20(26)23-14-15-13-22-18-7-3-1-5-16(15)18/h1-8,14,22H,9-13,21H2,(H,23,26)/b15-14-. The SMILES string of the molecule is Nc1ccccc1N1CCN(C(=S)N/C=C2/CNc3ccccc32)CC1. The molecule has 0 spiro atoms. The van der Waals surface area contributed by atoms with Crippen molar-refractivity contribution in [3.8, 4) is 0 Å². The highest BCUT2D eigenvalue weighted by Crippen LogP contribution is 2.29. The van der Waals surface area contributed by atoms with Crippen molar-refractivity contribution in [2.24, 2.45) is 0 Å². The van der Waals surface area contributed by atoms with Crippen molar-refractivity contribution in [1.82, 2.24) is 10.2 Å². The summed E-state index contributed by atoms with van der Waals surface area (Å²) < 4.78 is 0. The predicted octanol–water partition coefficient (Wildman–Crippen LogP) is 2.73. The molecule has 0 radical (unpaired) electrons. The minimum Gasteiger partial charge on any atom is -0.397 e. The van der Waals surface area contributed by atoms with Gasteiger partial charge < -0.3 is 26.2 Å². The first kappa shape index (κ1) is 16.7. The summed E-state index contributed by atoms with van der Waals surface area (Å²) >= 11 is 5.59. The number of benzene rings is 2. The highest BCUT2D eigenvalue weighted by atomic mass is 32.1. The average Bonchev–Trinajstić information content (AvgIpc) is 3.10. The monoisotopic (exact) mass is 365 g/mol. The molecule has 0 saturated carbocycles. The van der Waals surface area contributed by atoms with Crippen molar-refractivity contribution in [3.63, 3.8) is 0 Å². The maximum absolute atomic E-state index is 6.10. The highest BCUT2D eigenvalue weighted by molar-refractivity contribution is 7.80. The highest BCUT2D eigenvalue weighted by Gasteiger charge is 2.20. The third-order valence-electron chi connectivity index (χ3n) is 4.96. The molecule has 2 aliphatic rings. The molecule has 2 heterocycles. The summed E-state index contributed by atoms with van der Waals surface area (Å²) in [6, 6.07) is 16.4. The van der Waals surface area contributed by atoms with E-state index < -0.39 is 0 Å². The van der Waals surface area contributed by atoms with E-state index in [1.807, 2.05) is 30.5 Å². The molecule has 6 heteroatoms. The first-order valence-corrected chi connectivity index (χ1v) is 9.30. The molecular weight excluding hydrogens is 342 g/mol. The van der Waals surface area contributed by atoms with Gasteiger partial charge in [-0.05, 0) is 36.0 Å². The predicted molar refractivity (Wildman–Crippen MR) is 113 cm³/mol.